The van der Waals surface area contributed by atoms with E-state index in [0.717, 1.165) is 5.56 Å². The van der Waals surface area contributed by atoms with E-state index in [-0.39, 0.29) is 11.7 Å². The number of benzene rings is 2. The monoisotopic (exact) mass is 310 g/mol. The Bertz CT molecular complexity index is 739. The number of hydrogen-bond acceptors (Lipinski definition) is 4. The molecule has 0 aliphatic rings. The van der Waals surface area contributed by atoms with Crippen molar-refractivity contribution in [1.29, 1.82) is 0 Å². The van der Waals surface area contributed by atoms with Gasteiger partial charge in [-0.15, -0.1) is 0 Å². The van der Waals surface area contributed by atoms with E-state index < -0.39 is 0 Å². The van der Waals surface area contributed by atoms with Crippen LogP contribution >= 0.6 is 0 Å². The Morgan fingerprint density at radius 2 is 2.09 bits per heavy atom. The Morgan fingerprint density at radius 3 is 2.83 bits per heavy atom. The summed E-state index contributed by atoms with van der Waals surface area (Å²) < 4.78 is 5.45. The molecular formula is C18H18N2O3. The van der Waals surface area contributed by atoms with E-state index in [1.165, 1.54) is 0 Å². The van der Waals surface area contributed by atoms with Gasteiger partial charge in [-0.05, 0) is 31.2 Å². The molecule has 0 saturated carbocycles. The van der Waals surface area contributed by atoms with Crippen LogP contribution in [0.5, 0.6) is 11.5 Å². The van der Waals surface area contributed by atoms with Crippen LogP contribution in [-0.4, -0.2) is 23.3 Å². The third-order valence-corrected chi connectivity index (χ3v) is 3.08. The number of nitrogens with zero attached hydrogens (tertiary/aromatic N) is 1. The standard InChI is InChI=1S/C18H18N2O3/c1-3-11-23-17-10-5-4-9-16(17)18(22)20-19-13(2)14-7-6-8-15(21)12-14/h3-10,12,21H,1,11H2,2H3,(H,20,22)/b19-13-. The summed E-state index contributed by atoms with van der Waals surface area (Å²) in [6.07, 6.45) is 1.61. The van der Waals surface area contributed by atoms with Crippen LogP contribution in [0.15, 0.2) is 66.3 Å². The molecule has 0 unspecified atom stereocenters. The Hall–Kier alpha value is -3.08. The lowest BCUT2D eigenvalue weighted by Crippen LogP contribution is -2.20. The van der Waals surface area contributed by atoms with Crippen molar-refractivity contribution in [3.8, 4) is 11.5 Å². The smallest absolute Gasteiger partial charge is 0.275 e. The summed E-state index contributed by atoms with van der Waals surface area (Å²) in [5.74, 6) is 0.242. The number of phenolic OH excluding ortho intramolecular Hbond substituents is 1. The number of hydrogen-bond donors (Lipinski definition) is 2. The van der Waals surface area contributed by atoms with E-state index in [4.69, 9.17) is 4.74 Å². The third kappa shape index (κ3) is 4.44. The average Bonchev–Trinajstić information content (AvgIpc) is 2.57. The summed E-state index contributed by atoms with van der Waals surface area (Å²) in [4.78, 5) is 12.3. The van der Waals surface area contributed by atoms with Crippen molar-refractivity contribution < 1.29 is 14.6 Å². The first-order valence-corrected chi connectivity index (χ1v) is 7.08. The lowest BCUT2D eigenvalue weighted by Gasteiger charge is -2.09. The fourth-order valence-electron chi connectivity index (χ4n) is 1.92. The zero-order valence-electron chi connectivity index (χ0n) is 12.8. The van der Waals surface area contributed by atoms with Crippen molar-refractivity contribution in [1.82, 2.24) is 5.43 Å². The van der Waals surface area contributed by atoms with Crippen LogP contribution in [0.4, 0.5) is 0 Å². The van der Waals surface area contributed by atoms with Crippen molar-refractivity contribution in [3.05, 3.63) is 72.3 Å². The molecule has 23 heavy (non-hydrogen) atoms. The molecule has 2 rings (SSSR count). The first kappa shape index (κ1) is 16.3. The molecule has 118 valence electrons. The molecule has 0 bridgehead atoms. The van der Waals surface area contributed by atoms with Crippen LogP contribution in [0, 0.1) is 0 Å². The zero-order valence-corrected chi connectivity index (χ0v) is 12.8. The maximum absolute atomic E-state index is 12.3. The number of amides is 1. The maximum Gasteiger partial charge on any atom is 0.275 e. The molecule has 0 aliphatic carbocycles. The molecular weight excluding hydrogens is 292 g/mol. The van der Waals surface area contributed by atoms with Gasteiger partial charge in [0.25, 0.3) is 5.91 Å². The van der Waals surface area contributed by atoms with Crippen molar-refractivity contribution in [3.63, 3.8) is 0 Å². The minimum atomic E-state index is -0.371. The number of carbonyl (C=O) groups is 1. The van der Waals surface area contributed by atoms with Gasteiger partial charge in [0.05, 0.1) is 11.3 Å². The van der Waals surface area contributed by atoms with Crippen molar-refractivity contribution in [2.24, 2.45) is 5.10 Å². The van der Waals surface area contributed by atoms with Gasteiger partial charge in [0, 0.05) is 5.56 Å². The lowest BCUT2D eigenvalue weighted by molar-refractivity contribution is 0.0951. The summed E-state index contributed by atoms with van der Waals surface area (Å²) in [6.45, 7) is 5.64. The number of hydrazone groups is 1. The molecule has 0 radical (unpaired) electrons. The fourth-order valence-corrected chi connectivity index (χ4v) is 1.92. The van der Waals surface area contributed by atoms with E-state index >= 15 is 0 Å². The van der Waals surface area contributed by atoms with Gasteiger partial charge < -0.3 is 9.84 Å². The van der Waals surface area contributed by atoms with Crippen LogP contribution in [0.25, 0.3) is 0 Å². The van der Waals surface area contributed by atoms with Gasteiger partial charge >= 0.3 is 0 Å². The van der Waals surface area contributed by atoms with E-state index in [1.807, 2.05) is 0 Å². The summed E-state index contributed by atoms with van der Waals surface area (Å²) in [7, 11) is 0. The fraction of sp³-hybridized carbons (Fsp3) is 0.111. The Morgan fingerprint density at radius 1 is 1.30 bits per heavy atom. The minimum absolute atomic E-state index is 0.145. The third-order valence-electron chi connectivity index (χ3n) is 3.08. The molecule has 0 spiro atoms. The van der Waals surface area contributed by atoms with Gasteiger partial charge in [-0.25, -0.2) is 5.43 Å². The van der Waals surface area contributed by atoms with Gasteiger partial charge in [-0.1, -0.05) is 36.9 Å². The first-order valence-electron chi connectivity index (χ1n) is 7.08. The van der Waals surface area contributed by atoms with Gasteiger partial charge in [0.2, 0.25) is 0 Å². The van der Waals surface area contributed by atoms with E-state index in [0.29, 0.717) is 23.6 Å². The molecule has 0 atom stereocenters. The number of nitrogens with one attached hydrogen (secondary N) is 1. The number of aromatic hydroxyl groups is 1. The molecule has 2 aromatic carbocycles. The molecule has 2 N–H and O–H groups in total. The number of para-hydroxylation sites is 1. The summed E-state index contributed by atoms with van der Waals surface area (Å²) in [5.41, 5.74) is 4.19. The second-order valence-corrected chi connectivity index (χ2v) is 4.78. The normalized spacial score (nSPS) is 10.9. The quantitative estimate of drug-likeness (QED) is 0.489. The number of carbonyl (C=O) groups excluding carboxylic acids is 1. The number of ether oxygens (including phenoxy) is 1. The highest BCUT2D eigenvalue weighted by molar-refractivity contribution is 6.01. The molecule has 0 heterocycles. The number of phenols is 1. The molecule has 0 aromatic heterocycles. The Balaban J connectivity index is 2.13. The predicted octanol–water partition coefficient (Wildman–Crippen LogP) is 3.11. The van der Waals surface area contributed by atoms with Crippen molar-refractivity contribution in [2.45, 2.75) is 6.92 Å². The van der Waals surface area contributed by atoms with E-state index in [2.05, 4.69) is 17.1 Å². The molecule has 0 aliphatic heterocycles. The first-order chi connectivity index (χ1) is 11.1. The summed E-state index contributed by atoms with van der Waals surface area (Å²) in [6, 6.07) is 13.6. The van der Waals surface area contributed by atoms with Gasteiger partial charge in [0.15, 0.2) is 0 Å². The number of rotatable bonds is 6. The second-order valence-electron chi connectivity index (χ2n) is 4.78. The molecule has 5 heteroatoms. The largest absolute Gasteiger partial charge is 0.508 e. The average molecular weight is 310 g/mol. The summed E-state index contributed by atoms with van der Waals surface area (Å²) >= 11 is 0. The predicted molar refractivity (Wildman–Crippen MR) is 89.9 cm³/mol. The molecule has 2 aromatic rings. The highest BCUT2D eigenvalue weighted by atomic mass is 16.5. The van der Waals surface area contributed by atoms with E-state index in [1.54, 1.807) is 61.5 Å². The minimum Gasteiger partial charge on any atom is -0.508 e. The van der Waals surface area contributed by atoms with Gasteiger partial charge in [0.1, 0.15) is 18.1 Å². The summed E-state index contributed by atoms with van der Waals surface area (Å²) in [5, 5.41) is 13.5. The highest BCUT2D eigenvalue weighted by Crippen LogP contribution is 2.18. The Kier molecular flexibility index (Phi) is 5.52. The highest BCUT2D eigenvalue weighted by Gasteiger charge is 2.11. The molecule has 1 amide bonds. The topological polar surface area (TPSA) is 70.9 Å². The SMILES string of the molecule is C=CCOc1ccccc1C(=O)N/N=C(/C)c1cccc(O)c1. The van der Waals surface area contributed by atoms with Crippen LogP contribution in [0.3, 0.4) is 0 Å². The second kappa shape index (κ2) is 7.79. The van der Waals surface area contributed by atoms with Crippen LogP contribution in [0.1, 0.15) is 22.8 Å². The molecule has 5 nitrogen and oxygen atoms in total. The molecule has 0 fully saturated rings. The Labute approximate surface area is 134 Å². The molecule has 0 saturated heterocycles. The van der Waals surface area contributed by atoms with Gasteiger partial charge in [-0.2, -0.15) is 5.10 Å². The van der Waals surface area contributed by atoms with Crippen LogP contribution < -0.4 is 10.2 Å². The van der Waals surface area contributed by atoms with E-state index in [9.17, 15) is 9.90 Å². The van der Waals surface area contributed by atoms with Crippen molar-refractivity contribution >= 4 is 11.6 Å². The zero-order chi connectivity index (χ0) is 16.7. The van der Waals surface area contributed by atoms with Crippen molar-refractivity contribution in [2.75, 3.05) is 6.61 Å². The maximum atomic E-state index is 12.3. The lowest BCUT2D eigenvalue weighted by atomic mass is 10.1. The van der Waals surface area contributed by atoms with Crippen LogP contribution in [-0.2, 0) is 0 Å². The van der Waals surface area contributed by atoms with Crippen LogP contribution in [0.2, 0.25) is 0 Å². The van der Waals surface area contributed by atoms with Gasteiger partial charge in [-0.3, -0.25) is 4.79 Å².